The van der Waals surface area contributed by atoms with Gasteiger partial charge in [0.25, 0.3) is 0 Å². The minimum absolute atomic E-state index is 0. The molecule has 0 amide bonds. The summed E-state index contributed by atoms with van der Waals surface area (Å²) in [6, 6.07) is 11.9. The van der Waals surface area contributed by atoms with Gasteiger partial charge >= 0.3 is 6.18 Å². The zero-order valence-electron chi connectivity index (χ0n) is 13.0. The summed E-state index contributed by atoms with van der Waals surface area (Å²) in [6.45, 7) is 0. The van der Waals surface area contributed by atoms with Crippen LogP contribution in [0.1, 0.15) is 11.1 Å². The summed E-state index contributed by atoms with van der Waals surface area (Å²) < 4.78 is 38.9. The number of halogens is 4. The van der Waals surface area contributed by atoms with Crippen LogP contribution in [0, 0.1) is 0 Å². The Morgan fingerprint density at radius 2 is 1.62 bits per heavy atom. The Hall–Kier alpha value is -2.49. The maximum Gasteiger partial charge on any atom is 0.416 e. The second kappa shape index (κ2) is 6.35. The van der Waals surface area contributed by atoms with Crippen molar-refractivity contribution in [2.75, 3.05) is 10.0 Å². The van der Waals surface area contributed by atoms with Crippen LogP contribution in [-0.2, 0) is 6.18 Å². The summed E-state index contributed by atoms with van der Waals surface area (Å²) in [6.07, 6.45) is -2.70. The van der Waals surface area contributed by atoms with Gasteiger partial charge in [-0.05, 0) is 41.9 Å². The van der Waals surface area contributed by atoms with Crippen LogP contribution in [0.15, 0.2) is 66.2 Å². The average molecular weight is 427 g/mol. The topological polar surface area (TPSA) is 72.3 Å². The molecule has 135 valence electrons. The highest BCUT2D eigenvalue weighted by Crippen LogP contribution is 2.42. The van der Waals surface area contributed by atoms with Gasteiger partial charge in [-0.2, -0.15) is 13.2 Å². The van der Waals surface area contributed by atoms with Gasteiger partial charge in [0.1, 0.15) is 5.70 Å². The lowest BCUT2D eigenvalue weighted by Gasteiger charge is -2.25. The minimum atomic E-state index is -4.41. The molecule has 0 saturated carbocycles. The summed E-state index contributed by atoms with van der Waals surface area (Å²) in [7, 11) is 0. The highest BCUT2D eigenvalue weighted by atomic mass is 79.9. The van der Waals surface area contributed by atoms with Gasteiger partial charge in [0, 0.05) is 10.0 Å². The van der Waals surface area contributed by atoms with E-state index in [0.29, 0.717) is 11.4 Å². The molecular weight excluding hydrogens is 415 g/mol. The Bertz CT molecular complexity index is 910. The molecule has 2 aliphatic rings. The lowest BCUT2D eigenvalue weighted by atomic mass is 10.1. The first kappa shape index (κ1) is 18.3. The summed E-state index contributed by atoms with van der Waals surface area (Å²) in [5, 5.41) is 13.2. The number of anilines is 2. The first-order valence-corrected chi connectivity index (χ1v) is 8.04. The number of rotatable bonds is 1. The number of hydrogen-bond donors (Lipinski definition) is 1. The fourth-order valence-corrected chi connectivity index (χ4v) is 3.26. The van der Waals surface area contributed by atoms with Crippen molar-refractivity contribution in [2.45, 2.75) is 6.18 Å². The molecule has 0 atom stereocenters. The van der Waals surface area contributed by atoms with Gasteiger partial charge in [-0.1, -0.05) is 34.1 Å². The fourth-order valence-electron chi connectivity index (χ4n) is 2.71. The van der Waals surface area contributed by atoms with Gasteiger partial charge in [0.2, 0.25) is 5.88 Å². The zero-order valence-corrected chi connectivity index (χ0v) is 14.6. The first-order valence-electron chi connectivity index (χ1n) is 7.25. The van der Waals surface area contributed by atoms with Crippen LogP contribution in [0.4, 0.5) is 24.5 Å². The number of para-hydroxylation sites is 1. The highest BCUT2D eigenvalue weighted by Gasteiger charge is 2.36. The van der Waals surface area contributed by atoms with Crippen molar-refractivity contribution < 1.29 is 23.8 Å². The summed E-state index contributed by atoms with van der Waals surface area (Å²) in [5.74, 6) is -0.161. The normalized spacial score (nSPS) is 16.1. The molecule has 0 unspecified atom stereocenters. The van der Waals surface area contributed by atoms with Crippen molar-refractivity contribution >= 4 is 31.8 Å². The number of aliphatic hydroxyl groups is 1. The number of alkyl halides is 3. The van der Waals surface area contributed by atoms with Crippen molar-refractivity contribution in [1.29, 1.82) is 0 Å². The van der Waals surface area contributed by atoms with Crippen molar-refractivity contribution in [3.05, 3.63) is 77.3 Å². The van der Waals surface area contributed by atoms with E-state index in [1.807, 2.05) is 24.3 Å². The molecule has 2 heterocycles. The summed E-state index contributed by atoms with van der Waals surface area (Å²) in [5.41, 5.74) is 5.99. The molecule has 0 spiro atoms. The monoisotopic (exact) mass is 426 g/mol. The number of allylic oxidation sites excluding steroid dienone is 1. The van der Waals surface area contributed by atoms with Gasteiger partial charge < -0.3 is 10.6 Å². The predicted octanol–water partition coefficient (Wildman–Crippen LogP) is 4.12. The van der Waals surface area contributed by atoms with E-state index in [0.717, 1.165) is 27.9 Å². The summed E-state index contributed by atoms with van der Waals surface area (Å²) >= 11 is 3.46. The second-order valence-electron chi connectivity index (χ2n) is 5.48. The number of fused-ring (bicyclic) bond motifs is 3. The van der Waals surface area contributed by atoms with Crippen molar-refractivity contribution in [3.63, 3.8) is 0 Å². The molecule has 2 aromatic carbocycles. The molecule has 0 aliphatic carbocycles. The van der Waals surface area contributed by atoms with Crippen LogP contribution in [0.3, 0.4) is 0 Å². The van der Waals surface area contributed by atoms with E-state index >= 15 is 0 Å². The molecule has 2 aliphatic heterocycles. The average Bonchev–Trinajstić information content (AvgIpc) is 2.92. The molecule has 4 rings (SSSR count). The highest BCUT2D eigenvalue weighted by molar-refractivity contribution is 9.15. The third-order valence-electron chi connectivity index (χ3n) is 3.93. The molecular formula is C17H12BrF3N3O2. The molecule has 1 radical (unpaired) electrons. The standard InChI is InChI=1S/C17H10BrF3N3O.H2O/c18-13-9-15-16(25)23(11-7-5-10(6-8-11)17(19,20)21)22-24(15)14-4-2-1-3-12(13)14;/h1-9,25H;1H2. The lowest BCUT2D eigenvalue weighted by molar-refractivity contribution is -0.137. The van der Waals surface area contributed by atoms with Crippen LogP contribution in [0.25, 0.3) is 4.48 Å². The number of aliphatic hydroxyl groups excluding tert-OH is 1. The van der Waals surface area contributed by atoms with Gasteiger partial charge in [-0.15, -0.1) is 0 Å². The minimum Gasteiger partial charge on any atom is -0.492 e. The van der Waals surface area contributed by atoms with Gasteiger partial charge in [-0.3, -0.25) is 0 Å². The third kappa shape index (κ3) is 2.83. The Morgan fingerprint density at radius 1 is 0.962 bits per heavy atom. The maximum absolute atomic E-state index is 12.7. The van der Waals surface area contributed by atoms with Crippen LogP contribution in [-0.4, -0.2) is 10.6 Å². The largest absolute Gasteiger partial charge is 0.492 e. The molecule has 5 nitrogen and oxygen atoms in total. The maximum atomic E-state index is 12.7. The molecule has 2 aromatic rings. The Kier molecular flexibility index (Phi) is 4.47. The van der Waals surface area contributed by atoms with E-state index in [-0.39, 0.29) is 11.4 Å². The van der Waals surface area contributed by atoms with E-state index in [1.54, 1.807) is 11.1 Å². The Labute approximate surface area is 155 Å². The molecule has 0 saturated heterocycles. The number of nitrogens with zero attached hydrogens (tertiary/aromatic N) is 3. The van der Waals surface area contributed by atoms with E-state index in [9.17, 15) is 18.3 Å². The van der Waals surface area contributed by atoms with Gasteiger partial charge in [-0.25, -0.2) is 10.0 Å². The zero-order chi connectivity index (χ0) is 17.8. The SMILES string of the molecule is O.OC1=C2C=C(Br)c3ccccc3N2[N]N1c1ccc(C(F)(F)F)cc1. The van der Waals surface area contributed by atoms with Crippen LogP contribution in [0.5, 0.6) is 0 Å². The predicted molar refractivity (Wildman–Crippen MR) is 95.2 cm³/mol. The lowest BCUT2D eigenvalue weighted by Crippen LogP contribution is -2.35. The van der Waals surface area contributed by atoms with Crippen LogP contribution >= 0.6 is 15.9 Å². The number of hydrogen-bond acceptors (Lipinski definition) is 3. The Balaban J connectivity index is 0.00000196. The van der Waals surface area contributed by atoms with Crippen LogP contribution < -0.4 is 15.6 Å². The van der Waals surface area contributed by atoms with E-state index in [2.05, 4.69) is 21.5 Å². The quantitative estimate of drug-likeness (QED) is 0.745. The van der Waals surface area contributed by atoms with Crippen LogP contribution in [0.2, 0.25) is 0 Å². The Morgan fingerprint density at radius 3 is 2.27 bits per heavy atom. The van der Waals surface area contributed by atoms with Crippen molar-refractivity contribution in [3.8, 4) is 0 Å². The molecule has 0 fully saturated rings. The molecule has 0 bridgehead atoms. The fraction of sp³-hybridized carbons (Fsp3) is 0.0588. The molecule has 26 heavy (non-hydrogen) atoms. The second-order valence-corrected chi connectivity index (χ2v) is 6.33. The summed E-state index contributed by atoms with van der Waals surface area (Å²) in [4.78, 5) is 0. The third-order valence-corrected chi connectivity index (χ3v) is 4.59. The van der Waals surface area contributed by atoms with Crippen molar-refractivity contribution in [1.82, 2.24) is 5.53 Å². The molecule has 3 N–H and O–H groups in total. The molecule has 9 heteroatoms. The smallest absolute Gasteiger partial charge is 0.416 e. The van der Waals surface area contributed by atoms with E-state index in [1.165, 1.54) is 17.1 Å². The van der Waals surface area contributed by atoms with E-state index < -0.39 is 11.7 Å². The van der Waals surface area contributed by atoms with Crippen molar-refractivity contribution in [2.24, 2.45) is 0 Å². The number of benzene rings is 2. The van der Waals surface area contributed by atoms with E-state index in [4.69, 9.17) is 0 Å². The first-order chi connectivity index (χ1) is 11.9. The molecule has 0 aromatic heterocycles. The van der Waals surface area contributed by atoms with Gasteiger partial charge in [0.15, 0.2) is 0 Å². The van der Waals surface area contributed by atoms with Gasteiger partial charge in [0.05, 0.1) is 16.9 Å².